The molecule has 4 rings (SSSR count). The summed E-state index contributed by atoms with van der Waals surface area (Å²) in [4.78, 5) is 17.3. The molecule has 0 radical (unpaired) electrons. The molecule has 0 aliphatic rings. The molecule has 4 aromatic rings. The summed E-state index contributed by atoms with van der Waals surface area (Å²) in [6, 6.07) is 17.8. The Hall–Kier alpha value is -2.86. The second kappa shape index (κ2) is 6.80. The Kier molecular flexibility index (Phi) is 4.34. The third kappa shape index (κ3) is 2.93. The third-order valence-corrected chi connectivity index (χ3v) is 5.37. The number of hydrogen-bond donors (Lipinski definition) is 1. The molecule has 2 aromatic heterocycles. The zero-order valence-corrected chi connectivity index (χ0v) is 15.4. The lowest BCUT2D eigenvalue weighted by molar-refractivity contribution is 0.102. The van der Waals surface area contributed by atoms with Crippen LogP contribution in [-0.4, -0.2) is 31.3 Å². The van der Waals surface area contributed by atoms with Crippen molar-refractivity contribution in [1.29, 1.82) is 0 Å². The number of nitrogens with one attached hydrogen (secondary N) is 1. The van der Waals surface area contributed by atoms with Crippen LogP contribution in [0.2, 0.25) is 0 Å². The van der Waals surface area contributed by atoms with Crippen LogP contribution in [-0.2, 0) is 7.05 Å². The van der Waals surface area contributed by atoms with Crippen LogP contribution < -0.4 is 0 Å². The van der Waals surface area contributed by atoms with Gasteiger partial charge in [-0.3, -0.25) is 9.89 Å². The highest BCUT2D eigenvalue weighted by Crippen LogP contribution is 2.27. The van der Waals surface area contributed by atoms with Gasteiger partial charge in [-0.25, -0.2) is 4.98 Å². The topological polar surface area (TPSA) is 63.6 Å². The highest BCUT2D eigenvalue weighted by Gasteiger charge is 2.19. The number of carbonyl (C=O) groups excluding carboxylic acids is 1. The summed E-state index contributed by atoms with van der Waals surface area (Å²) >= 11 is 1.35. The summed E-state index contributed by atoms with van der Waals surface area (Å²) in [5.74, 6) is 1.11. The van der Waals surface area contributed by atoms with Gasteiger partial charge in [0, 0.05) is 34.8 Å². The van der Waals surface area contributed by atoms with E-state index in [9.17, 15) is 4.79 Å². The fourth-order valence-corrected chi connectivity index (χ4v) is 3.78. The molecule has 0 atom stereocenters. The van der Waals surface area contributed by atoms with Gasteiger partial charge in [-0.1, -0.05) is 60.3 Å². The Morgan fingerprint density at radius 2 is 1.85 bits per heavy atom. The van der Waals surface area contributed by atoms with Crippen molar-refractivity contribution in [1.82, 2.24) is 19.7 Å². The highest BCUT2D eigenvalue weighted by atomic mass is 32.2. The van der Waals surface area contributed by atoms with Crippen LogP contribution in [0.15, 0.2) is 59.8 Å². The van der Waals surface area contributed by atoms with Crippen molar-refractivity contribution in [3.8, 4) is 11.4 Å². The van der Waals surface area contributed by atoms with Gasteiger partial charge in [0.2, 0.25) is 5.16 Å². The number of hydrogen-bond acceptors (Lipinski definition) is 4. The summed E-state index contributed by atoms with van der Waals surface area (Å²) in [5.41, 5.74) is 3.82. The first kappa shape index (κ1) is 16.6. The molecular formula is C20H18N4OS. The van der Waals surface area contributed by atoms with E-state index in [1.165, 1.54) is 11.8 Å². The van der Waals surface area contributed by atoms with E-state index >= 15 is 0 Å². The molecule has 0 saturated heterocycles. The summed E-state index contributed by atoms with van der Waals surface area (Å²) in [6.45, 7) is 1.98. The lowest BCUT2D eigenvalue weighted by atomic mass is 10.1. The monoisotopic (exact) mass is 362 g/mol. The minimum atomic E-state index is 0.0929. The van der Waals surface area contributed by atoms with E-state index in [0.717, 1.165) is 27.7 Å². The van der Waals surface area contributed by atoms with Crippen molar-refractivity contribution < 1.29 is 4.79 Å². The molecule has 0 spiro atoms. The van der Waals surface area contributed by atoms with E-state index in [4.69, 9.17) is 0 Å². The molecule has 0 saturated carbocycles. The van der Waals surface area contributed by atoms with Gasteiger partial charge < -0.3 is 4.57 Å². The molecule has 0 fully saturated rings. The molecule has 130 valence electrons. The largest absolute Gasteiger partial charge is 0.347 e. The smallest absolute Gasteiger partial charge is 0.209 e. The van der Waals surface area contributed by atoms with Crippen molar-refractivity contribution in [2.75, 3.05) is 5.75 Å². The first-order valence-corrected chi connectivity index (χ1v) is 9.31. The predicted molar refractivity (Wildman–Crippen MR) is 105 cm³/mol. The number of aryl methyl sites for hydroxylation is 1. The van der Waals surface area contributed by atoms with Crippen LogP contribution in [0.5, 0.6) is 0 Å². The molecule has 6 heteroatoms. The lowest BCUT2D eigenvalue weighted by Crippen LogP contribution is -2.05. The summed E-state index contributed by atoms with van der Waals surface area (Å²) in [7, 11) is 1.99. The molecule has 0 aliphatic heterocycles. The van der Waals surface area contributed by atoms with E-state index in [2.05, 4.69) is 19.7 Å². The third-order valence-electron chi connectivity index (χ3n) is 4.52. The summed E-state index contributed by atoms with van der Waals surface area (Å²) in [5, 5.41) is 8.73. The van der Waals surface area contributed by atoms with E-state index in [1.807, 2.05) is 68.6 Å². The zero-order valence-electron chi connectivity index (χ0n) is 14.6. The van der Waals surface area contributed by atoms with E-state index in [0.29, 0.717) is 16.7 Å². The van der Waals surface area contributed by atoms with E-state index < -0.39 is 0 Å². The Morgan fingerprint density at radius 3 is 2.65 bits per heavy atom. The summed E-state index contributed by atoms with van der Waals surface area (Å²) in [6.07, 6.45) is 0. The number of carbonyl (C=O) groups is 1. The zero-order chi connectivity index (χ0) is 18.1. The molecule has 5 nitrogen and oxygen atoms in total. The standard InChI is InChI=1S/C20H18N4OS/c1-13-18(15-10-6-7-11-16(15)24(13)2)17(25)12-26-20-21-19(22-23-20)14-8-4-3-5-9-14/h3-11H,12H2,1-2H3,(H,21,22,23). The normalized spacial score (nSPS) is 11.2. The Balaban J connectivity index is 1.54. The van der Waals surface area contributed by atoms with Gasteiger partial charge in [-0.05, 0) is 13.0 Å². The maximum absolute atomic E-state index is 12.8. The van der Waals surface area contributed by atoms with Gasteiger partial charge in [0.05, 0.1) is 5.75 Å². The van der Waals surface area contributed by atoms with Crippen LogP contribution in [0.25, 0.3) is 22.3 Å². The molecule has 1 N–H and O–H groups in total. The Morgan fingerprint density at radius 1 is 1.12 bits per heavy atom. The number of aromatic amines is 1. The van der Waals surface area contributed by atoms with Crippen molar-refractivity contribution in [3.05, 3.63) is 65.9 Å². The van der Waals surface area contributed by atoms with Gasteiger partial charge in [-0.15, -0.1) is 5.10 Å². The van der Waals surface area contributed by atoms with Crippen LogP contribution in [0.4, 0.5) is 0 Å². The SMILES string of the molecule is Cc1c(C(=O)CSc2n[nH]c(-c3ccccc3)n2)c2ccccc2n1C. The van der Waals surface area contributed by atoms with E-state index in [1.54, 1.807) is 0 Å². The maximum atomic E-state index is 12.8. The molecule has 2 heterocycles. The van der Waals surface area contributed by atoms with Crippen molar-refractivity contribution >= 4 is 28.4 Å². The highest BCUT2D eigenvalue weighted by molar-refractivity contribution is 7.99. The number of aromatic nitrogens is 4. The minimum Gasteiger partial charge on any atom is -0.347 e. The van der Waals surface area contributed by atoms with Gasteiger partial charge in [0.1, 0.15) is 0 Å². The predicted octanol–water partition coefficient (Wildman–Crippen LogP) is 4.25. The van der Waals surface area contributed by atoms with Gasteiger partial charge in [-0.2, -0.15) is 0 Å². The fraction of sp³-hybridized carbons (Fsp3) is 0.150. The van der Waals surface area contributed by atoms with E-state index in [-0.39, 0.29) is 5.78 Å². The molecule has 2 aromatic carbocycles. The van der Waals surface area contributed by atoms with Crippen molar-refractivity contribution in [2.24, 2.45) is 7.05 Å². The van der Waals surface area contributed by atoms with Gasteiger partial charge in [0.15, 0.2) is 11.6 Å². The van der Waals surface area contributed by atoms with Crippen LogP contribution in [0, 0.1) is 6.92 Å². The average molecular weight is 362 g/mol. The second-order valence-electron chi connectivity index (χ2n) is 6.08. The number of benzene rings is 2. The number of nitrogens with zero attached hydrogens (tertiary/aromatic N) is 3. The number of Topliss-reactive ketones (excluding diaryl/α,β-unsaturated/α-hetero) is 1. The number of para-hydroxylation sites is 1. The molecule has 0 amide bonds. The number of fused-ring (bicyclic) bond motifs is 1. The number of rotatable bonds is 5. The van der Waals surface area contributed by atoms with Crippen LogP contribution in [0.3, 0.4) is 0 Å². The molecule has 0 bridgehead atoms. The number of H-pyrrole nitrogens is 1. The maximum Gasteiger partial charge on any atom is 0.209 e. The second-order valence-corrected chi connectivity index (χ2v) is 7.02. The fourth-order valence-electron chi connectivity index (χ4n) is 3.11. The number of thioether (sulfide) groups is 1. The van der Waals surface area contributed by atoms with Gasteiger partial charge in [0.25, 0.3) is 0 Å². The average Bonchev–Trinajstić information content (AvgIpc) is 3.25. The molecular weight excluding hydrogens is 344 g/mol. The van der Waals surface area contributed by atoms with Crippen molar-refractivity contribution in [2.45, 2.75) is 12.1 Å². The quantitative estimate of drug-likeness (QED) is 0.426. The lowest BCUT2D eigenvalue weighted by Gasteiger charge is -2.01. The Labute approximate surface area is 155 Å². The van der Waals surface area contributed by atoms with Crippen molar-refractivity contribution in [3.63, 3.8) is 0 Å². The van der Waals surface area contributed by atoms with Crippen LogP contribution in [0.1, 0.15) is 16.1 Å². The number of ketones is 1. The van der Waals surface area contributed by atoms with Gasteiger partial charge >= 0.3 is 0 Å². The first-order chi connectivity index (χ1) is 12.6. The van der Waals surface area contributed by atoms with Crippen LogP contribution >= 0.6 is 11.8 Å². The minimum absolute atomic E-state index is 0.0929. The Bertz CT molecular complexity index is 1080. The molecule has 0 unspecified atom stereocenters. The molecule has 26 heavy (non-hydrogen) atoms. The molecule has 0 aliphatic carbocycles. The first-order valence-electron chi connectivity index (χ1n) is 8.33. The summed E-state index contributed by atoms with van der Waals surface area (Å²) < 4.78 is 2.06.